The molecule has 130 valence electrons. The number of ether oxygens (including phenoxy) is 1. The molecule has 0 bridgehead atoms. The van der Waals surface area contributed by atoms with Crippen LogP contribution in [0.1, 0.15) is 22.2 Å². The Kier molecular flexibility index (Phi) is 4.34. The fraction of sp³-hybridized carbons (Fsp3) is 0.100. The first kappa shape index (κ1) is 16.6. The maximum atomic E-state index is 13.0. The number of hydrogen-bond donors (Lipinski definition) is 1. The zero-order chi connectivity index (χ0) is 18.1. The Labute approximate surface area is 159 Å². The quantitative estimate of drug-likeness (QED) is 0.682. The Hall–Kier alpha value is -2.86. The summed E-state index contributed by atoms with van der Waals surface area (Å²) < 4.78 is 6.31. The van der Waals surface area contributed by atoms with Gasteiger partial charge in [0.05, 0.1) is 24.1 Å². The number of carbonyl (C=O) groups is 1. The lowest BCUT2D eigenvalue weighted by atomic mass is 10.2. The number of pyridine rings is 1. The van der Waals surface area contributed by atoms with E-state index >= 15 is 0 Å². The van der Waals surface area contributed by atoms with Gasteiger partial charge in [0, 0.05) is 22.4 Å². The summed E-state index contributed by atoms with van der Waals surface area (Å²) in [4.78, 5) is 19.2. The van der Waals surface area contributed by atoms with Crippen molar-refractivity contribution < 1.29 is 9.53 Å². The molecule has 0 fully saturated rings. The largest absolute Gasteiger partial charge is 0.497 e. The molecule has 1 amide bonds. The van der Waals surface area contributed by atoms with Gasteiger partial charge in [0.2, 0.25) is 0 Å². The summed E-state index contributed by atoms with van der Waals surface area (Å²) in [7, 11) is 1.61. The van der Waals surface area contributed by atoms with Gasteiger partial charge in [-0.1, -0.05) is 22.0 Å². The predicted octanol–water partition coefficient (Wildman–Crippen LogP) is 4.62. The van der Waals surface area contributed by atoms with Gasteiger partial charge in [-0.05, 0) is 48.5 Å². The van der Waals surface area contributed by atoms with Crippen LogP contribution in [0.3, 0.4) is 0 Å². The molecule has 0 radical (unpaired) electrons. The van der Waals surface area contributed by atoms with Crippen LogP contribution < -0.4 is 15.0 Å². The van der Waals surface area contributed by atoms with Gasteiger partial charge in [0.25, 0.3) is 5.91 Å². The molecular weight excluding hydrogens is 394 g/mol. The smallest absolute Gasteiger partial charge is 0.262 e. The normalized spacial score (nSPS) is 15.7. The molecule has 0 saturated heterocycles. The molecular formula is C20H16BrN3O2. The van der Waals surface area contributed by atoms with Crippen molar-refractivity contribution in [1.29, 1.82) is 0 Å². The molecule has 1 unspecified atom stereocenters. The van der Waals surface area contributed by atoms with Crippen LogP contribution in [0.15, 0.2) is 71.3 Å². The molecule has 0 aliphatic carbocycles. The number of aromatic nitrogens is 1. The van der Waals surface area contributed by atoms with Crippen LogP contribution in [-0.2, 0) is 0 Å². The van der Waals surface area contributed by atoms with Crippen LogP contribution in [0.5, 0.6) is 5.75 Å². The van der Waals surface area contributed by atoms with E-state index < -0.39 is 6.17 Å². The van der Waals surface area contributed by atoms with Crippen LogP contribution in [0.25, 0.3) is 0 Å². The van der Waals surface area contributed by atoms with Gasteiger partial charge in [-0.25, -0.2) is 0 Å². The van der Waals surface area contributed by atoms with Crippen molar-refractivity contribution in [2.45, 2.75) is 6.17 Å². The number of amides is 1. The summed E-state index contributed by atoms with van der Waals surface area (Å²) >= 11 is 3.44. The van der Waals surface area contributed by atoms with Gasteiger partial charge in [-0.2, -0.15) is 0 Å². The number of fused-ring (bicyclic) bond motifs is 1. The van der Waals surface area contributed by atoms with E-state index in [1.54, 1.807) is 30.3 Å². The highest BCUT2D eigenvalue weighted by atomic mass is 79.9. The number of nitrogens with one attached hydrogen (secondary N) is 1. The minimum Gasteiger partial charge on any atom is -0.497 e. The molecule has 0 saturated carbocycles. The highest BCUT2D eigenvalue weighted by molar-refractivity contribution is 9.10. The van der Waals surface area contributed by atoms with Gasteiger partial charge in [0.15, 0.2) is 6.17 Å². The van der Waals surface area contributed by atoms with Crippen LogP contribution in [-0.4, -0.2) is 18.0 Å². The molecule has 26 heavy (non-hydrogen) atoms. The second kappa shape index (κ2) is 6.80. The monoisotopic (exact) mass is 409 g/mol. The van der Waals surface area contributed by atoms with E-state index in [1.807, 2.05) is 48.5 Å². The minimum atomic E-state index is -0.396. The number of hydrogen-bond acceptors (Lipinski definition) is 4. The lowest BCUT2D eigenvalue weighted by molar-refractivity contribution is 0.0993. The molecule has 0 spiro atoms. The zero-order valence-corrected chi connectivity index (χ0v) is 15.6. The minimum absolute atomic E-state index is 0.0871. The van der Waals surface area contributed by atoms with Crippen molar-refractivity contribution >= 4 is 33.2 Å². The first-order chi connectivity index (χ1) is 12.7. The number of carbonyl (C=O) groups excluding carboxylic acids is 1. The van der Waals surface area contributed by atoms with Crippen molar-refractivity contribution in [2.24, 2.45) is 0 Å². The molecule has 2 heterocycles. The Morgan fingerprint density at radius 2 is 1.92 bits per heavy atom. The molecule has 1 aromatic heterocycles. The topological polar surface area (TPSA) is 54.5 Å². The highest BCUT2D eigenvalue weighted by Crippen LogP contribution is 2.38. The van der Waals surface area contributed by atoms with Crippen LogP contribution in [0.4, 0.5) is 11.4 Å². The second-order valence-electron chi connectivity index (χ2n) is 5.87. The van der Waals surface area contributed by atoms with Gasteiger partial charge < -0.3 is 10.1 Å². The first-order valence-corrected chi connectivity index (χ1v) is 8.91. The lowest BCUT2D eigenvalue weighted by Gasteiger charge is -2.26. The third-order valence-corrected chi connectivity index (χ3v) is 4.81. The highest BCUT2D eigenvalue weighted by Gasteiger charge is 2.39. The number of nitrogens with zero attached hydrogens (tertiary/aromatic N) is 2. The van der Waals surface area contributed by atoms with E-state index in [4.69, 9.17) is 4.74 Å². The van der Waals surface area contributed by atoms with E-state index in [0.717, 1.165) is 15.8 Å². The third kappa shape index (κ3) is 2.93. The van der Waals surface area contributed by atoms with Crippen molar-refractivity contribution in [3.63, 3.8) is 0 Å². The Morgan fingerprint density at radius 1 is 1.12 bits per heavy atom. The molecule has 1 aliphatic heterocycles. The standard InChI is InChI=1S/C20H16BrN3O2/c1-26-16-5-2-4-15(12-16)24-19(23-14-9-7-13(21)8-10-14)18-17(20(24)25)6-3-11-22-18/h2-12,19,23H,1H3. The number of anilines is 2. The van der Waals surface area contributed by atoms with Gasteiger partial charge in [-0.15, -0.1) is 0 Å². The molecule has 1 atom stereocenters. The van der Waals surface area contributed by atoms with E-state index in [-0.39, 0.29) is 5.91 Å². The van der Waals surface area contributed by atoms with Crippen molar-refractivity contribution in [3.8, 4) is 5.75 Å². The summed E-state index contributed by atoms with van der Waals surface area (Å²) in [6.07, 6.45) is 1.31. The van der Waals surface area contributed by atoms with E-state index in [2.05, 4.69) is 26.2 Å². The van der Waals surface area contributed by atoms with Gasteiger partial charge >= 0.3 is 0 Å². The first-order valence-electron chi connectivity index (χ1n) is 8.12. The average Bonchev–Trinajstić information content (AvgIpc) is 2.96. The van der Waals surface area contributed by atoms with Crippen LogP contribution in [0.2, 0.25) is 0 Å². The number of halogens is 1. The Bertz CT molecular complexity index is 959. The molecule has 5 nitrogen and oxygen atoms in total. The fourth-order valence-corrected chi connectivity index (χ4v) is 3.31. The summed E-state index contributed by atoms with van der Waals surface area (Å²) in [6, 6.07) is 18.9. The van der Waals surface area contributed by atoms with E-state index in [1.165, 1.54) is 0 Å². The predicted molar refractivity (Wildman–Crippen MR) is 105 cm³/mol. The lowest BCUT2D eigenvalue weighted by Crippen LogP contribution is -2.32. The van der Waals surface area contributed by atoms with E-state index in [9.17, 15) is 4.79 Å². The summed E-state index contributed by atoms with van der Waals surface area (Å²) in [5, 5.41) is 3.42. The van der Waals surface area contributed by atoms with E-state index in [0.29, 0.717) is 17.0 Å². The maximum Gasteiger partial charge on any atom is 0.262 e. The summed E-state index contributed by atoms with van der Waals surface area (Å²) in [6.45, 7) is 0. The molecule has 1 aliphatic rings. The second-order valence-corrected chi connectivity index (χ2v) is 6.78. The van der Waals surface area contributed by atoms with Gasteiger partial charge in [-0.3, -0.25) is 14.7 Å². The van der Waals surface area contributed by atoms with Crippen LogP contribution in [0, 0.1) is 0 Å². The molecule has 4 rings (SSSR count). The van der Waals surface area contributed by atoms with Crippen molar-refractivity contribution in [2.75, 3.05) is 17.3 Å². The Morgan fingerprint density at radius 3 is 2.69 bits per heavy atom. The number of methoxy groups -OCH3 is 1. The number of benzene rings is 2. The SMILES string of the molecule is COc1cccc(N2C(=O)c3cccnc3C2Nc2ccc(Br)cc2)c1. The van der Waals surface area contributed by atoms with Crippen LogP contribution >= 0.6 is 15.9 Å². The van der Waals surface area contributed by atoms with Gasteiger partial charge in [0.1, 0.15) is 5.75 Å². The average molecular weight is 410 g/mol. The molecule has 3 aromatic rings. The molecule has 1 N–H and O–H groups in total. The summed E-state index contributed by atoms with van der Waals surface area (Å²) in [5.41, 5.74) is 2.97. The Balaban J connectivity index is 1.77. The summed E-state index contributed by atoms with van der Waals surface area (Å²) in [5.74, 6) is 0.609. The third-order valence-electron chi connectivity index (χ3n) is 4.28. The number of rotatable bonds is 4. The zero-order valence-electron chi connectivity index (χ0n) is 14.0. The molecule has 2 aromatic carbocycles. The fourth-order valence-electron chi connectivity index (χ4n) is 3.05. The van der Waals surface area contributed by atoms with Crippen molar-refractivity contribution in [3.05, 3.63) is 82.6 Å². The molecule has 6 heteroatoms. The maximum absolute atomic E-state index is 13.0. The van der Waals surface area contributed by atoms with Crippen molar-refractivity contribution in [1.82, 2.24) is 4.98 Å².